The van der Waals surface area contributed by atoms with Gasteiger partial charge < -0.3 is 10.2 Å². The van der Waals surface area contributed by atoms with E-state index in [9.17, 15) is 4.79 Å². The summed E-state index contributed by atoms with van der Waals surface area (Å²) in [5, 5.41) is 3.29. The Morgan fingerprint density at radius 3 is 2.41 bits per heavy atom. The molecule has 0 fully saturated rings. The van der Waals surface area contributed by atoms with Crippen molar-refractivity contribution in [3.8, 4) is 0 Å². The van der Waals surface area contributed by atoms with Gasteiger partial charge >= 0.3 is 0 Å². The van der Waals surface area contributed by atoms with Crippen LogP contribution in [0.2, 0.25) is 0 Å². The van der Waals surface area contributed by atoms with Gasteiger partial charge in [0, 0.05) is 25.0 Å². The van der Waals surface area contributed by atoms with Crippen molar-refractivity contribution < 1.29 is 4.79 Å². The largest absolute Gasteiger partial charge is 0.366 e. The zero-order valence-electron chi connectivity index (χ0n) is 16.1. The summed E-state index contributed by atoms with van der Waals surface area (Å²) >= 11 is 0. The zero-order valence-corrected chi connectivity index (χ0v) is 16.1. The summed E-state index contributed by atoms with van der Waals surface area (Å²) < 4.78 is 0. The number of carbonyl (C=O) groups excluding carboxylic acids is 1. The lowest BCUT2D eigenvalue weighted by atomic mass is 10.1. The number of hydrogen-bond donors (Lipinski definition) is 1. The van der Waals surface area contributed by atoms with Gasteiger partial charge in [-0.3, -0.25) is 4.79 Å². The normalized spacial score (nSPS) is 10.5. The van der Waals surface area contributed by atoms with Crippen LogP contribution in [0.3, 0.4) is 0 Å². The number of aryl methyl sites for hydroxylation is 2. The minimum absolute atomic E-state index is 0.0410. The fourth-order valence-electron chi connectivity index (χ4n) is 2.92. The second kappa shape index (κ2) is 8.49. The minimum Gasteiger partial charge on any atom is -0.366 e. The van der Waals surface area contributed by atoms with E-state index in [0.29, 0.717) is 18.7 Å². The Kier molecular flexibility index (Phi) is 5.87. The average molecular weight is 359 g/mol. The van der Waals surface area contributed by atoms with Crippen LogP contribution < -0.4 is 10.2 Å². The third-order valence-corrected chi connectivity index (χ3v) is 4.48. The van der Waals surface area contributed by atoms with E-state index in [4.69, 9.17) is 0 Å². The summed E-state index contributed by atoms with van der Waals surface area (Å²) in [5.74, 6) is 0.714. The Hall–Kier alpha value is -3.14. The van der Waals surface area contributed by atoms with Crippen LogP contribution in [0.25, 0.3) is 0 Å². The van der Waals surface area contributed by atoms with Crippen LogP contribution in [-0.2, 0) is 6.54 Å². The van der Waals surface area contributed by atoms with Gasteiger partial charge in [0.05, 0.1) is 5.56 Å². The monoisotopic (exact) mass is 359 g/mol. The Labute approximate surface area is 160 Å². The average Bonchev–Trinajstić information content (AvgIpc) is 2.68. The molecule has 0 saturated heterocycles. The van der Waals surface area contributed by atoms with Crippen molar-refractivity contribution in [3.63, 3.8) is 0 Å². The molecule has 3 aromatic rings. The molecule has 0 aliphatic carbocycles. The van der Waals surface area contributed by atoms with Gasteiger partial charge in [-0.15, -0.1) is 0 Å². The quantitative estimate of drug-likeness (QED) is 0.675. The molecule has 0 atom stereocenters. The fraction of sp³-hybridized carbons (Fsp3) is 0.217. The molecule has 0 aliphatic heterocycles. The molecule has 4 heteroatoms. The molecule has 4 nitrogen and oxygen atoms in total. The predicted octanol–water partition coefficient (Wildman–Crippen LogP) is 4.98. The molecule has 0 unspecified atom stereocenters. The number of aromatic nitrogens is 1. The van der Waals surface area contributed by atoms with Gasteiger partial charge in [-0.05, 0) is 56.2 Å². The number of hydrogen-bond acceptors (Lipinski definition) is 3. The van der Waals surface area contributed by atoms with Gasteiger partial charge in [-0.25, -0.2) is 4.98 Å². The van der Waals surface area contributed by atoms with E-state index < -0.39 is 0 Å². The lowest BCUT2D eigenvalue weighted by molar-refractivity contribution is 0.0988. The van der Waals surface area contributed by atoms with Crippen LogP contribution in [0, 0.1) is 13.8 Å². The van der Waals surface area contributed by atoms with Crippen molar-refractivity contribution in [2.24, 2.45) is 0 Å². The van der Waals surface area contributed by atoms with Crippen LogP contribution in [0.4, 0.5) is 11.5 Å². The highest BCUT2D eigenvalue weighted by atomic mass is 16.2. The first-order valence-corrected chi connectivity index (χ1v) is 9.21. The molecule has 1 aromatic heterocycles. The van der Waals surface area contributed by atoms with Crippen molar-refractivity contribution in [2.75, 3.05) is 16.8 Å². The Morgan fingerprint density at radius 1 is 1.00 bits per heavy atom. The topological polar surface area (TPSA) is 45.2 Å². The standard InChI is InChI=1S/C23H25N3O/c1-4-26(21-7-5-6-18(3)14-21)23(27)20-12-13-22(25-16-20)24-15-19-10-8-17(2)9-11-19/h5-14,16H,4,15H2,1-3H3,(H,24,25). The number of amides is 1. The van der Waals surface area contributed by atoms with E-state index in [0.717, 1.165) is 17.1 Å². The molecule has 2 aromatic carbocycles. The summed E-state index contributed by atoms with van der Waals surface area (Å²) in [6.07, 6.45) is 1.64. The molecule has 0 radical (unpaired) electrons. The third-order valence-electron chi connectivity index (χ3n) is 4.48. The smallest absolute Gasteiger partial charge is 0.259 e. The van der Waals surface area contributed by atoms with Gasteiger partial charge in [0.1, 0.15) is 5.82 Å². The molecular formula is C23H25N3O. The molecule has 0 saturated carbocycles. The Balaban J connectivity index is 1.68. The van der Waals surface area contributed by atoms with E-state index in [1.807, 2.05) is 50.2 Å². The molecule has 1 heterocycles. The summed E-state index contributed by atoms with van der Waals surface area (Å²) in [5.41, 5.74) is 5.06. The minimum atomic E-state index is -0.0410. The van der Waals surface area contributed by atoms with Crippen molar-refractivity contribution >= 4 is 17.4 Å². The lowest BCUT2D eigenvalue weighted by Crippen LogP contribution is -2.30. The van der Waals surface area contributed by atoms with Crippen LogP contribution >= 0.6 is 0 Å². The van der Waals surface area contributed by atoms with Gasteiger partial charge in [0.25, 0.3) is 5.91 Å². The highest BCUT2D eigenvalue weighted by molar-refractivity contribution is 6.06. The number of rotatable bonds is 6. The SMILES string of the molecule is CCN(C(=O)c1ccc(NCc2ccc(C)cc2)nc1)c1cccc(C)c1. The van der Waals surface area contributed by atoms with Crippen molar-refractivity contribution in [1.82, 2.24) is 4.98 Å². The van der Waals surface area contributed by atoms with Crippen molar-refractivity contribution in [3.05, 3.63) is 89.1 Å². The molecule has 138 valence electrons. The summed E-state index contributed by atoms with van der Waals surface area (Å²) in [4.78, 5) is 19.0. The summed E-state index contributed by atoms with van der Waals surface area (Å²) in [7, 11) is 0. The molecule has 0 aliphatic rings. The van der Waals surface area contributed by atoms with Crippen LogP contribution in [0.1, 0.15) is 34.0 Å². The second-order valence-electron chi connectivity index (χ2n) is 6.66. The summed E-state index contributed by atoms with van der Waals surface area (Å²) in [6, 6.07) is 20.0. The number of anilines is 2. The first kappa shape index (κ1) is 18.6. The van der Waals surface area contributed by atoms with Gasteiger partial charge in [-0.1, -0.05) is 42.0 Å². The molecule has 1 amide bonds. The second-order valence-corrected chi connectivity index (χ2v) is 6.66. The van der Waals surface area contributed by atoms with Crippen LogP contribution in [0.5, 0.6) is 0 Å². The number of nitrogens with zero attached hydrogens (tertiary/aromatic N) is 2. The van der Waals surface area contributed by atoms with Gasteiger partial charge in [0.2, 0.25) is 0 Å². The van der Waals surface area contributed by atoms with Crippen LogP contribution in [-0.4, -0.2) is 17.4 Å². The molecule has 1 N–H and O–H groups in total. The molecule has 27 heavy (non-hydrogen) atoms. The van der Waals surface area contributed by atoms with Crippen molar-refractivity contribution in [2.45, 2.75) is 27.3 Å². The maximum Gasteiger partial charge on any atom is 0.259 e. The van der Waals surface area contributed by atoms with E-state index in [1.165, 1.54) is 11.1 Å². The highest BCUT2D eigenvalue weighted by Crippen LogP contribution is 2.19. The van der Waals surface area contributed by atoms with Crippen LogP contribution in [0.15, 0.2) is 66.9 Å². The van der Waals surface area contributed by atoms with E-state index >= 15 is 0 Å². The van der Waals surface area contributed by atoms with E-state index in [-0.39, 0.29) is 5.91 Å². The number of pyridine rings is 1. The highest BCUT2D eigenvalue weighted by Gasteiger charge is 2.16. The molecular weight excluding hydrogens is 334 g/mol. The van der Waals surface area contributed by atoms with Crippen molar-refractivity contribution in [1.29, 1.82) is 0 Å². The predicted molar refractivity (Wildman–Crippen MR) is 111 cm³/mol. The first-order valence-electron chi connectivity index (χ1n) is 9.21. The number of benzene rings is 2. The van der Waals surface area contributed by atoms with Gasteiger partial charge in [0.15, 0.2) is 0 Å². The Bertz CT molecular complexity index is 902. The zero-order chi connectivity index (χ0) is 19.2. The van der Waals surface area contributed by atoms with E-state index in [1.54, 1.807) is 11.1 Å². The van der Waals surface area contributed by atoms with Gasteiger partial charge in [-0.2, -0.15) is 0 Å². The molecule has 3 rings (SSSR count). The number of carbonyl (C=O) groups is 1. The lowest BCUT2D eigenvalue weighted by Gasteiger charge is -2.21. The molecule has 0 spiro atoms. The number of nitrogens with one attached hydrogen (secondary N) is 1. The maximum absolute atomic E-state index is 12.9. The first-order chi connectivity index (χ1) is 13.1. The fourth-order valence-corrected chi connectivity index (χ4v) is 2.92. The third kappa shape index (κ3) is 4.73. The van der Waals surface area contributed by atoms with E-state index in [2.05, 4.69) is 41.5 Å². The maximum atomic E-state index is 12.9. The Morgan fingerprint density at radius 2 is 1.78 bits per heavy atom. The molecule has 0 bridgehead atoms. The summed E-state index contributed by atoms with van der Waals surface area (Å²) in [6.45, 7) is 7.38.